The molecule has 2 rings (SSSR count). The minimum atomic E-state index is -0.619. The predicted molar refractivity (Wildman–Crippen MR) is 109 cm³/mol. The van der Waals surface area contributed by atoms with Gasteiger partial charge < -0.3 is 24.8 Å². The van der Waals surface area contributed by atoms with Crippen molar-refractivity contribution in [3.05, 3.63) is 72.5 Å². The largest absolute Gasteiger partial charge is 0.497 e. The average Bonchev–Trinajstić information content (AvgIpc) is 2.76. The maximum absolute atomic E-state index is 12.3. The number of carbonyl (C=O) groups is 2. The van der Waals surface area contributed by atoms with Crippen molar-refractivity contribution in [1.29, 1.82) is 0 Å². The van der Waals surface area contributed by atoms with E-state index in [0.29, 0.717) is 11.4 Å². The van der Waals surface area contributed by atoms with Crippen LogP contribution in [0.1, 0.15) is 12.6 Å². The topological polar surface area (TPSA) is 98.8 Å². The van der Waals surface area contributed by atoms with Crippen molar-refractivity contribution >= 4 is 23.2 Å². The van der Waals surface area contributed by atoms with Gasteiger partial charge in [0.15, 0.2) is 0 Å². The zero-order valence-electron chi connectivity index (χ0n) is 16.5. The number of esters is 2. The van der Waals surface area contributed by atoms with Gasteiger partial charge in [-0.15, -0.1) is 0 Å². The Morgan fingerprint density at radius 2 is 1.79 bits per heavy atom. The molecule has 0 spiro atoms. The van der Waals surface area contributed by atoms with Gasteiger partial charge in [-0.2, -0.15) is 0 Å². The Hall–Kier alpha value is -3.81. The van der Waals surface area contributed by atoms with E-state index in [9.17, 15) is 9.59 Å². The third kappa shape index (κ3) is 6.39. The molecule has 0 fully saturated rings. The zero-order chi connectivity index (χ0) is 21.1. The van der Waals surface area contributed by atoms with Crippen molar-refractivity contribution in [2.75, 3.05) is 26.1 Å². The molecule has 8 nitrogen and oxygen atoms in total. The second-order valence-corrected chi connectivity index (χ2v) is 5.56. The number of anilines is 1. The molecule has 0 atom stereocenters. The Balaban J connectivity index is 2.25. The molecule has 0 bridgehead atoms. The number of hydrogen-bond donors (Lipinski definition) is 2. The highest BCUT2D eigenvalue weighted by Crippen LogP contribution is 2.16. The smallest absolute Gasteiger partial charge is 0.355 e. The Bertz CT molecular complexity index is 877. The number of nitrogens with zero attached hydrogens (tertiary/aromatic N) is 1. The highest BCUT2D eigenvalue weighted by atomic mass is 16.5. The van der Waals surface area contributed by atoms with Gasteiger partial charge in [-0.1, -0.05) is 6.07 Å². The zero-order valence-corrected chi connectivity index (χ0v) is 16.5. The van der Waals surface area contributed by atoms with Crippen LogP contribution in [0.4, 0.5) is 5.69 Å². The SMILES string of the molecule is CCOC(=O)/C(=C\N/C(=C/Nc1ccc(OC)cc1)C(=O)OC)c1ccccn1. The van der Waals surface area contributed by atoms with Crippen LogP contribution in [-0.4, -0.2) is 37.7 Å². The third-order valence-corrected chi connectivity index (χ3v) is 3.69. The van der Waals surface area contributed by atoms with Gasteiger partial charge in [-0.05, 0) is 43.3 Å². The number of hydrogen-bond acceptors (Lipinski definition) is 8. The minimum absolute atomic E-state index is 0.0843. The maximum atomic E-state index is 12.3. The van der Waals surface area contributed by atoms with E-state index in [-0.39, 0.29) is 17.9 Å². The fourth-order valence-electron chi connectivity index (χ4n) is 2.23. The van der Waals surface area contributed by atoms with Crippen LogP contribution in [0.3, 0.4) is 0 Å². The van der Waals surface area contributed by atoms with Gasteiger partial charge in [-0.25, -0.2) is 9.59 Å². The summed E-state index contributed by atoms with van der Waals surface area (Å²) in [6, 6.07) is 12.3. The quantitative estimate of drug-likeness (QED) is 0.492. The summed E-state index contributed by atoms with van der Waals surface area (Å²) < 4.78 is 15.0. The summed E-state index contributed by atoms with van der Waals surface area (Å²) in [5, 5.41) is 5.78. The van der Waals surface area contributed by atoms with Gasteiger partial charge in [0, 0.05) is 24.3 Å². The van der Waals surface area contributed by atoms with Gasteiger partial charge >= 0.3 is 11.9 Å². The van der Waals surface area contributed by atoms with Crippen molar-refractivity contribution in [1.82, 2.24) is 10.3 Å². The molecule has 8 heteroatoms. The fraction of sp³-hybridized carbons (Fsp3) is 0.190. The fourth-order valence-corrected chi connectivity index (χ4v) is 2.23. The summed E-state index contributed by atoms with van der Waals surface area (Å²) in [5.41, 5.74) is 1.40. The molecule has 29 heavy (non-hydrogen) atoms. The van der Waals surface area contributed by atoms with E-state index in [4.69, 9.17) is 14.2 Å². The van der Waals surface area contributed by atoms with E-state index in [1.165, 1.54) is 19.5 Å². The first-order chi connectivity index (χ1) is 14.1. The van der Waals surface area contributed by atoms with E-state index >= 15 is 0 Å². The van der Waals surface area contributed by atoms with Crippen LogP contribution >= 0.6 is 0 Å². The number of rotatable bonds is 9. The van der Waals surface area contributed by atoms with Gasteiger partial charge in [0.1, 0.15) is 17.0 Å². The molecule has 2 N–H and O–H groups in total. The van der Waals surface area contributed by atoms with Crippen molar-refractivity contribution in [3.63, 3.8) is 0 Å². The monoisotopic (exact) mass is 397 g/mol. The van der Waals surface area contributed by atoms with Crippen molar-refractivity contribution in [3.8, 4) is 5.75 Å². The number of aromatic nitrogens is 1. The predicted octanol–water partition coefficient (Wildman–Crippen LogP) is 2.71. The molecule has 0 aliphatic carbocycles. The number of ether oxygens (including phenoxy) is 3. The first-order valence-electron chi connectivity index (χ1n) is 8.83. The maximum Gasteiger partial charge on any atom is 0.355 e. The molecule has 0 aliphatic heterocycles. The number of carbonyl (C=O) groups excluding carboxylic acids is 2. The van der Waals surface area contributed by atoms with E-state index in [1.54, 1.807) is 62.7 Å². The number of pyridine rings is 1. The minimum Gasteiger partial charge on any atom is -0.497 e. The molecule has 152 valence electrons. The van der Waals surface area contributed by atoms with Crippen LogP contribution in [0.2, 0.25) is 0 Å². The molecule has 0 amide bonds. The van der Waals surface area contributed by atoms with Gasteiger partial charge in [0.2, 0.25) is 0 Å². The summed E-state index contributed by atoms with van der Waals surface area (Å²) >= 11 is 0. The molecule has 1 aromatic carbocycles. The van der Waals surface area contributed by atoms with Crippen LogP contribution in [0.5, 0.6) is 5.75 Å². The van der Waals surface area contributed by atoms with Crippen LogP contribution in [0.15, 0.2) is 66.8 Å². The van der Waals surface area contributed by atoms with Gasteiger partial charge in [0.25, 0.3) is 0 Å². The Morgan fingerprint density at radius 3 is 2.38 bits per heavy atom. The molecule has 0 unspecified atom stereocenters. The summed E-state index contributed by atoms with van der Waals surface area (Å²) in [4.78, 5) is 28.6. The van der Waals surface area contributed by atoms with Crippen LogP contribution in [0, 0.1) is 0 Å². The Kier molecular flexibility index (Phi) is 8.25. The summed E-state index contributed by atoms with van der Waals surface area (Å²) in [7, 11) is 2.84. The lowest BCUT2D eigenvalue weighted by Crippen LogP contribution is -2.20. The summed E-state index contributed by atoms with van der Waals surface area (Å²) in [5.74, 6) is -0.472. The highest BCUT2D eigenvalue weighted by Gasteiger charge is 2.16. The second kappa shape index (κ2) is 11.1. The molecule has 1 heterocycles. The molecule has 0 saturated heterocycles. The second-order valence-electron chi connectivity index (χ2n) is 5.56. The van der Waals surface area contributed by atoms with E-state index in [2.05, 4.69) is 15.6 Å². The van der Waals surface area contributed by atoms with Crippen LogP contribution < -0.4 is 15.4 Å². The van der Waals surface area contributed by atoms with E-state index in [1.807, 2.05) is 0 Å². The molecule has 1 aromatic heterocycles. The van der Waals surface area contributed by atoms with Crippen molar-refractivity contribution in [2.24, 2.45) is 0 Å². The lowest BCUT2D eigenvalue weighted by Gasteiger charge is -2.10. The Morgan fingerprint density at radius 1 is 1.03 bits per heavy atom. The molecular formula is C21H23N3O5. The molecule has 0 radical (unpaired) electrons. The third-order valence-electron chi connectivity index (χ3n) is 3.69. The van der Waals surface area contributed by atoms with Gasteiger partial charge in [-0.3, -0.25) is 4.98 Å². The van der Waals surface area contributed by atoms with Crippen molar-refractivity contribution in [2.45, 2.75) is 6.92 Å². The van der Waals surface area contributed by atoms with E-state index in [0.717, 1.165) is 5.69 Å². The van der Waals surface area contributed by atoms with E-state index < -0.39 is 11.9 Å². The van der Waals surface area contributed by atoms with Gasteiger partial charge in [0.05, 0.1) is 26.5 Å². The summed E-state index contributed by atoms with van der Waals surface area (Å²) in [6.07, 6.45) is 4.36. The van der Waals surface area contributed by atoms with Crippen molar-refractivity contribution < 1.29 is 23.8 Å². The lowest BCUT2D eigenvalue weighted by molar-refractivity contribution is -0.137. The van der Waals surface area contributed by atoms with Crippen LogP contribution in [0.25, 0.3) is 5.57 Å². The highest BCUT2D eigenvalue weighted by molar-refractivity contribution is 6.15. The molecule has 2 aromatic rings. The standard InChI is InChI=1S/C21H23N3O5/c1-4-29-20(25)17(18-7-5-6-12-22-18)13-24-19(21(26)28-3)14-23-15-8-10-16(27-2)11-9-15/h5-14,23-24H,4H2,1-3H3/b17-13-,19-14+. The summed E-state index contributed by atoms with van der Waals surface area (Å²) in [6.45, 7) is 1.92. The molecule has 0 saturated carbocycles. The van der Waals surface area contributed by atoms with Crippen LogP contribution in [-0.2, 0) is 19.1 Å². The molecular weight excluding hydrogens is 374 g/mol. The number of nitrogens with one attached hydrogen (secondary N) is 2. The number of methoxy groups -OCH3 is 2. The Labute approximate surface area is 169 Å². The normalized spacial score (nSPS) is 11.4. The number of benzene rings is 1. The lowest BCUT2D eigenvalue weighted by atomic mass is 10.2. The molecule has 0 aliphatic rings. The first kappa shape index (κ1) is 21.5. The average molecular weight is 397 g/mol. The first-order valence-corrected chi connectivity index (χ1v) is 8.83.